The number of benzene rings is 2. The highest BCUT2D eigenvalue weighted by Crippen LogP contribution is 2.37. The molecule has 6 rings (SSSR count). The molecule has 1 aliphatic carbocycles. The Bertz CT molecular complexity index is 1650. The smallest absolute Gasteiger partial charge is 0.259 e. The van der Waals surface area contributed by atoms with E-state index in [1.54, 1.807) is 16.7 Å². The van der Waals surface area contributed by atoms with Crippen LogP contribution in [0.1, 0.15) is 38.1 Å². The Morgan fingerprint density at radius 1 is 0.857 bits per heavy atom. The molecule has 3 aromatic heterocycles. The van der Waals surface area contributed by atoms with Gasteiger partial charge >= 0.3 is 0 Å². The zero-order valence-electron chi connectivity index (χ0n) is 19.8. The van der Waals surface area contributed by atoms with E-state index < -0.39 is 0 Å². The quantitative estimate of drug-likeness (QED) is 0.257. The minimum atomic E-state index is -0.0942. The molecule has 3 heterocycles. The molecule has 0 spiro atoms. The van der Waals surface area contributed by atoms with Crippen LogP contribution >= 0.6 is 23.2 Å². The van der Waals surface area contributed by atoms with Crippen molar-refractivity contribution >= 4 is 45.1 Å². The summed E-state index contributed by atoms with van der Waals surface area (Å²) in [6, 6.07) is 16.3. The van der Waals surface area contributed by atoms with Gasteiger partial charge < -0.3 is 4.57 Å². The highest BCUT2D eigenvalue weighted by atomic mass is 35.5. The number of aryl methyl sites for hydroxylation is 2. The number of hydrogen-bond acceptors (Lipinski definition) is 2. The minimum absolute atomic E-state index is 0.0942. The highest BCUT2D eigenvalue weighted by Gasteiger charge is 2.21. The molecule has 0 N–H and O–H groups in total. The van der Waals surface area contributed by atoms with E-state index in [0.29, 0.717) is 27.2 Å². The Hall–Kier alpha value is -3.02. The predicted octanol–water partition coefficient (Wildman–Crippen LogP) is 7.37. The second-order valence-corrected chi connectivity index (χ2v) is 10.4. The second-order valence-electron chi connectivity index (χ2n) is 9.53. The molecule has 0 unspecified atom stereocenters. The largest absolute Gasteiger partial charge is 0.330 e. The van der Waals surface area contributed by atoms with Crippen molar-refractivity contribution in [3.63, 3.8) is 0 Å². The van der Waals surface area contributed by atoms with Crippen molar-refractivity contribution in [3.8, 4) is 22.4 Å². The summed E-state index contributed by atoms with van der Waals surface area (Å²) in [5, 5.41) is 7.81. The first kappa shape index (κ1) is 22.4. The van der Waals surface area contributed by atoms with E-state index >= 15 is 0 Å². The van der Waals surface area contributed by atoms with Gasteiger partial charge in [0.2, 0.25) is 0 Å². The molecule has 5 aromatic rings. The first-order chi connectivity index (χ1) is 16.9. The van der Waals surface area contributed by atoms with E-state index in [0.717, 1.165) is 33.2 Å². The first-order valence-corrected chi connectivity index (χ1v) is 12.8. The molecule has 0 saturated heterocycles. The summed E-state index contributed by atoms with van der Waals surface area (Å²) < 4.78 is 6.00. The van der Waals surface area contributed by atoms with Gasteiger partial charge in [0.15, 0.2) is 0 Å². The average Bonchev–Trinajstić information content (AvgIpc) is 3.45. The van der Waals surface area contributed by atoms with E-state index in [2.05, 4.69) is 33.5 Å². The Morgan fingerprint density at radius 3 is 2.43 bits per heavy atom. The lowest BCUT2D eigenvalue weighted by molar-refractivity contribution is 0.332. The molecule has 0 bridgehead atoms. The van der Waals surface area contributed by atoms with Crippen molar-refractivity contribution in [2.24, 2.45) is 14.1 Å². The maximum Gasteiger partial charge on any atom is 0.259 e. The molecule has 1 fully saturated rings. The van der Waals surface area contributed by atoms with E-state index in [9.17, 15) is 4.79 Å². The van der Waals surface area contributed by atoms with Crippen molar-refractivity contribution in [1.82, 2.24) is 18.9 Å². The van der Waals surface area contributed by atoms with Crippen LogP contribution in [0.15, 0.2) is 59.5 Å². The summed E-state index contributed by atoms with van der Waals surface area (Å²) in [5.74, 6) is 0. The van der Waals surface area contributed by atoms with Crippen LogP contribution in [0.25, 0.3) is 44.3 Å². The summed E-state index contributed by atoms with van der Waals surface area (Å²) in [6.07, 6.45) is 8.10. The second kappa shape index (κ2) is 8.58. The number of nitrogens with zero attached hydrogens (tertiary/aromatic N) is 4. The molecule has 0 amide bonds. The molecule has 1 aliphatic rings. The highest BCUT2D eigenvalue weighted by molar-refractivity contribution is 6.36. The van der Waals surface area contributed by atoms with Crippen molar-refractivity contribution < 1.29 is 0 Å². The molecule has 7 heteroatoms. The average molecular weight is 505 g/mol. The van der Waals surface area contributed by atoms with Gasteiger partial charge in [-0.1, -0.05) is 54.6 Å². The monoisotopic (exact) mass is 504 g/mol. The van der Waals surface area contributed by atoms with Crippen molar-refractivity contribution in [2.45, 2.75) is 38.1 Å². The number of aromatic nitrogens is 4. The third kappa shape index (κ3) is 3.60. The number of pyridine rings is 1. The van der Waals surface area contributed by atoms with Gasteiger partial charge in [-0.3, -0.25) is 14.0 Å². The SMILES string of the molecule is Cn1c(=O)c(-c2ccc(Cl)cc2Cl)cc2c3cc(-c4ccnn4C4CCCCC4)ccc3n(C)c21. The topological polar surface area (TPSA) is 44.8 Å². The summed E-state index contributed by atoms with van der Waals surface area (Å²) in [5.41, 5.74) is 5.37. The van der Waals surface area contributed by atoms with Crippen molar-refractivity contribution in [2.75, 3.05) is 0 Å². The molecular weight excluding hydrogens is 479 g/mol. The van der Waals surface area contributed by atoms with Crippen molar-refractivity contribution in [1.29, 1.82) is 0 Å². The maximum absolute atomic E-state index is 13.4. The number of rotatable bonds is 3. The summed E-state index contributed by atoms with van der Waals surface area (Å²) >= 11 is 12.6. The Morgan fingerprint density at radius 2 is 1.66 bits per heavy atom. The fraction of sp³-hybridized carbons (Fsp3) is 0.286. The van der Waals surface area contributed by atoms with Gasteiger partial charge in [0.1, 0.15) is 5.65 Å². The lowest BCUT2D eigenvalue weighted by Gasteiger charge is -2.24. The third-order valence-electron chi connectivity index (χ3n) is 7.46. The van der Waals surface area contributed by atoms with Crippen molar-refractivity contribution in [3.05, 3.63) is 75.1 Å². The van der Waals surface area contributed by atoms with E-state index in [1.165, 1.54) is 32.1 Å². The Labute approximate surface area is 213 Å². The van der Waals surface area contributed by atoms with Crippen LogP contribution in [-0.2, 0) is 14.1 Å². The number of halogens is 2. The third-order valence-corrected chi connectivity index (χ3v) is 8.00. The fourth-order valence-electron chi connectivity index (χ4n) is 5.71. The van der Waals surface area contributed by atoms with Crippen LogP contribution < -0.4 is 5.56 Å². The van der Waals surface area contributed by atoms with Gasteiger partial charge in [-0.15, -0.1) is 0 Å². The zero-order chi connectivity index (χ0) is 24.3. The summed E-state index contributed by atoms with van der Waals surface area (Å²) in [4.78, 5) is 13.4. The number of fused-ring (bicyclic) bond motifs is 3. The normalized spacial score (nSPS) is 14.9. The van der Waals surface area contributed by atoms with Crippen LogP contribution in [0.3, 0.4) is 0 Å². The van der Waals surface area contributed by atoms with E-state index in [-0.39, 0.29) is 5.56 Å². The van der Waals surface area contributed by atoms with Crippen LogP contribution in [0.2, 0.25) is 10.0 Å². The van der Waals surface area contributed by atoms with Crippen LogP contribution in [0.5, 0.6) is 0 Å². The number of hydrogen-bond donors (Lipinski definition) is 0. The zero-order valence-corrected chi connectivity index (χ0v) is 21.3. The molecule has 0 atom stereocenters. The molecule has 35 heavy (non-hydrogen) atoms. The molecule has 0 aliphatic heterocycles. The minimum Gasteiger partial charge on any atom is -0.330 e. The van der Waals surface area contributed by atoms with Gasteiger partial charge in [-0.2, -0.15) is 5.10 Å². The molecule has 2 aromatic carbocycles. The first-order valence-electron chi connectivity index (χ1n) is 12.1. The maximum atomic E-state index is 13.4. The fourth-order valence-corrected chi connectivity index (χ4v) is 6.22. The molecule has 1 saturated carbocycles. The summed E-state index contributed by atoms with van der Waals surface area (Å²) in [7, 11) is 3.82. The van der Waals surface area contributed by atoms with Gasteiger partial charge in [0.25, 0.3) is 5.56 Å². The molecule has 5 nitrogen and oxygen atoms in total. The van der Waals surface area contributed by atoms with E-state index in [1.807, 2.05) is 32.4 Å². The van der Waals surface area contributed by atoms with Gasteiger partial charge in [0, 0.05) is 52.8 Å². The Balaban J connectivity index is 1.58. The lowest BCUT2D eigenvalue weighted by atomic mass is 9.95. The van der Waals surface area contributed by atoms with Gasteiger partial charge in [-0.25, -0.2) is 0 Å². The molecule has 178 valence electrons. The van der Waals surface area contributed by atoms with Crippen LogP contribution in [-0.4, -0.2) is 18.9 Å². The van der Waals surface area contributed by atoms with Crippen LogP contribution in [0, 0.1) is 0 Å². The van der Waals surface area contributed by atoms with Gasteiger partial charge in [-0.05, 0) is 49.2 Å². The molecule has 0 radical (unpaired) electrons. The van der Waals surface area contributed by atoms with E-state index in [4.69, 9.17) is 28.3 Å². The van der Waals surface area contributed by atoms with Crippen LogP contribution in [0.4, 0.5) is 0 Å². The predicted molar refractivity (Wildman–Crippen MR) is 144 cm³/mol. The summed E-state index contributed by atoms with van der Waals surface area (Å²) in [6.45, 7) is 0. The molecular formula is C28H26Cl2N4O. The van der Waals surface area contributed by atoms with Gasteiger partial charge in [0.05, 0.1) is 22.3 Å². The Kier molecular flexibility index (Phi) is 5.50. The lowest BCUT2D eigenvalue weighted by Crippen LogP contribution is -2.20. The standard InChI is InChI=1S/C28H26Cl2N4O/c1-32-26-11-8-17(25-12-13-31-34(25)19-6-4-3-5-7-19)14-21(26)22-16-23(28(35)33(2)27(22)32)20-10-9-18(29)15-24(20)30/h8-16,19H,3-7H2,1-2H3.